The molecular weight excluding hydrogens is 374 g/mol. The normalized spacial score (nSPS) is 21.0. The number of amides is 1. The van der Waals surface area contributed by atoms with Gasteiger partial charge in [-0.15, -0.1) is 11.8 Å². The minimum atomic E-state index is -0.381. The van der Waals surface area contributed by atoms with Gasteiger partial charge in [0, 0.05) is 16.7 Å². The Morgan fingerprint density at radius 3 is 2.86 bits per heavy atom. The molecule has 2 unspecified atom stereocenters. The van der Waals surface area contributed by atoms with Crippen molar-refractivity contribution in [2.75, 3.05) is 24.7 Å². The van der Waals surface area contributed by atoms with Crippen LogP contribution in [0.5, 0.6) is 5.75 Å². The first-order valence-corrected chi connectivity index (χ1v) is 10.4. The molecule has 1 amide bonds. The number of ether oxygens (including phenoxy) is 2. The fourth-order valence-electron chi connectivity index (χ4n) is 3.55. The van der Waals surface area contributed by atoms with Crippen molar-refractivity contribution in [2.45, 2.75) is 29.9 Å². The Morgan fingerprint density at radius 1 is 1.18 bits per heavy atom. The van der Waals surface area contributed by atoms with Gasteiger partial charge in [-0.25, -0.2) is 0 Å². The summed E-state index contributed by atoms with van der Waals surface area (Å²) in [6.07, 6.45) is 1.47. The summed E-state index contributed by atoms with van der Waals surface area (Å²) >= 11 is 1.78. The predicted octanol–water partition coefficient (Wildman–Crippen LogP) is 3.70. The van der Waals surface area contributed by atoms with Crippen LogP contribution in [0, 0.1) is 5.92 Å². The quantitative estimate of drug-likeness (QED) is 0.739. The highest BCUT2D eigenvalue weighted by Crippen LogP contribution is 2.37. The maximum Gasteiger partial charge on any atom is 0.313 e. The monoisotopic (exact) mass is 397 g/mol. The smallest absolute Gasteiger partial charge is 0.313 e. The van der Waals surface area contributed by atoms with Crippen LogP contribution in [0.3, 0.4) is 0 Å². The zero-order valence-electron chi connectivity index (χ0n) is 15.8. The number of nitrogens with zero attached hydrogens (tertiary/aromatic N) is 1. The highest BCUT2D eigenvalue weighted by Gasteiger charge is 2.29. The van der Waals surface area contributed by atoms with Gasteiger partial charge in [-0.1, -0.05) is 37.3 Å². The van der Waals surface area contributed by atoms with Crippen LogP contribution in [0.1, 0.15) is 18.9 Å². The van der Waals surface area contributed by atoms with Crippen LogP contribution in [0.4, 0.5) is 5.69 Å². The maximum atomic E-state index is 12.8. The van der Waals surface area contributed by atoms with E-state index in [1.54, 1.807) is 16.7 Å². The van der Waals surface area contributed by atoms with Crippen molar-refractivity contribution < 1.29 is 19.1 Å². The molecule has 4 rings (SSSR count). The number of fused-ring (bicyclic) bond motifs is 2. The van der Waals surface area contributed by atoms with E-state index in [0.29, 0.717) is 18.2 Å². The third-order valence-corrected chi connectivity index (χ3v) is 6.33. The number of carbonyl (C=O) groups excluding carboxylic acids is 2. The Morgan fingerprint density at radius 2 is 1.96 bits per heavy atom. The SMILES string of the molecule is CC1CCN(C(=O)COC(=O)C2COc3ccccc3C2)c2ccccc2S1. The predicted molar refractivity (Wildman–Crippen MR) is 109 cm³/mol. The van der Waals surface area contributed by atoms with E-state index in [9.17, 15) is 9.59 Å². The van der Waals surface area contributed by atoms with Crippen molar-refractivity contribution in [2.24, 2.45) is 5.92 Å². The molecule has 0 aromatic heterocycles. The molecule has 146 valence electrons. The first-order valence-electron chi connectivity index (χ1n) is 9.55. The van der Waals surface area contributed by atoms with Gasteiger partial charge in [-0.3, -0.25) is 9.59 Å². The lowest BCUT2D eigenvalue weighted by molar-refractivity contribution is -0.153. The number of carbonyl (C=O) groups is 2. The van der Waals surface area contributed by atoms with E-state index in [1.807, 2.05) is 48.5 Å². The molecule has 2 aromatic carbocycles. The molecule has 2 aliphatic heterocycles. The second-order valence-electron chi connectivity index (χ2n) is 7.16. The van der Waals surface area contributed by atoms with Crippen molar-refractivity contribution in [3.8, 4) is 5.75 Å². The van der Waals surface area contributed by atoms with E-state index in [4.69, 9.17) is 9.47 Å². The molecule has 2 aromatic rings. The molecule has 5 nitrogen and oxygen atoms in total. The summed E-state index contributed by atoms with van der Waals surface area (Å²) in [6.45, 7) is 2.83. The van der Waals surface area contributed by atoms with Crippen molar-refractivity contribution in [1.29, 1.82) is 0 Å². The van der Waals surface area contributed by atoms with Crippen LogP contribution in [-0.4, -0.2) is 36.9 Å². The third kappa shape index (κ3) is 4.02. The third-order valence-electron chi connectivity index (χ3n) is 5.09. The van der Waals surface area contributed by atoms with Gasteiger partial charge in [0.25, 0.3) is 5.91 Å². The summed E-state index contributed by atoms with van der Waals surface area (Å²) in [7, 11) is 0. The van der Waals surface area contributed by atoms with Crippen LogP contribution >= 0.6 is 11.8 Å². The molecule has 0 saturated carbocycles. The topological polar surface area (TPSA) is 55.8 Å². The van der Waals surface area contributed by atoms with E-state index in [-0.39, 0.29) is 31.0 Å². The lowest BCUT2D eigenvalue weighted by Crippen LogP contribution is -2.37. The van der Waals surface area contributed by atoms with E-state index < -0.39 is 0 Å². The second kappa shape index (κ2) is 8.27. The average molecular weight is 397 g/mol. The van der Waals surface area contributed by atoms with Gasteiger partial charge >= 0.3 is 5.97 Å². The molecule has 2 aliphatic rings. The van der Waals surface area contributed by atoms with Gasteiger partial charge in [0.15, 0.2) is 6.61 Å². The van der Waals surface area contributed by atoms with Crippen LogP contribution in [-0.2, 0) is 20.7 Å². The average Bonchev–Trinajstić information content (AvgIpc) is 2.89. The summed E-state index contributed by atoms with van der Waals surface area (Å²) in [5.41, 5.74) is 1.89. The lowest BCUT2D eigenvalue weighted by Gasteiger charge is -2.25. The fourth-order valence-corrected chi connectivity index (χ4v) is 4.67. The maximum absolute atomic E-state index is 12.8. The van der Waals surface area contributed by atoms with E-state index >= 15 is 0 Å². The zero-order chi connectivity index (χ0) is 19.5. The summed E-state index contributed by atoms with van der Waals surface area (Å²) < 4.78 is 11.0. The minimum absolute atomic E-state index is 0.187. The van der Waals surface area contributed by atoms with Gasteiger partial charge in [-0.05, 0) is 36.6 Å². The molecule has 2 heterocycles. The van der Waals surface area contributed by atoms with Crippen LogP contribution in [0.15, 0.2) is 53.4 Å². The van der Waals surface area contributed by atoms with E-state index in [2.05, 4.69) is 6.92 Å². The number of esters is 1. The molecular formula is C22H23NO4S. The first-order chi connectivity index (χ1) is 13.6. The number of para-hydroxylation sites is 2. The van der Waals surface area contributed by atoms with Crippen LogP contribution < -0.4 is 9.64 Å². The number of hydrogen-bond acceptors (Lipinski definition) is 5. The fraction of sp³-hybridized carbons (Fsp3) is 0.364. The molecule has 6 heteroatoms. The molecule has 0 aliphatic carbocycles. The van der Waals surface area contributed by atoms with Gasteiger partial charge < -0.3 is 14.4 Å². The summed E-state index contributed by atoms with van der Waals surface area (Å²) in [6, 6.07) is 15.6. The molecule has 0 fully saturated rings. The molecule has 0 radical (unpaired) electrons. The van der Waals surface area contributed by atoms with E-state index in [1.165, 1.54) is 0 Å². The van der Waals surface area contributed by atoms with E-state index in [0.717, 1.165) is 28.3 Å². The summed E-state index contributed by atoms with van der Waals surface area (Å²) in [5, 5.41) is 0.431. The zero-order valence-corrected chi connectivity index (χ0v) is 16.6. The minimum Gasteiger partial charge on any atom is -0.492 e. The standard InChI is InChI=1S/C22H23NO4S/c1-15-10-11-23(18-7-3-5-9-20(18)28-15)21(24)14-27-22(25)17-12-16-6-2-4-8-19(16)26-13-17/h2-9,15,17H,10-14H2,1H3. The highest BCUT2D eigenvalue weighted by molar-refractivity contribution is 8.00. The number of hydrogen-bond donors (Lipinski definition) is 0. The Kier molecular flexibility index (Phi) is 5.57. The van der Waals surface area contributed by atoms with Crippen LogP contribution in [0.25, 0.3) is 0 Å². The van der Waals surface area contributed by atoms with Gasteiger partial charge in [0.05, 0.1) is 11.6 Å². The highest BCUT2D eigenvalue weighted by atomic mass is 32.2. The first kappa shape index (κ1) is 18.9. The molecule has 0 N–H and O–H groups in total. The Balaban J connectivity index is 1.39. The summed E-state index contributed by atoms with van der Waals surface area (Å²) in [5.74, 6) is -0.133. The number of benzene rings is 2. The lowest BCUT2D eigenvalue weighted by atomic mass is 9.97. The molecule has 0 bridgehead atoms. The molecule has 0 saturated heterocycles. The largest absolute Gasteiger partial charge is 0.492 e. The van der Waals surface area contributed by atoms with Crippen molar-refractivity contribution in [3.63, 3.8) is 0 Å². The number of anilines is 1. The molecule has 28 heavy (non-hydrogen) atoms. The Labute approximate surface area is 169 Å². The second-order valence-corrected chi connectivity index (χ2v) is 8.64. The van der Waals surface area contributed by atoms with Crippen molar-refractivity contribution in [1.82, 2.24) is 0 Å². The van der Waals surface area contributed by atoms with Gasteiger partial charge in [0.2, 0.25) is 0 Å². The summed E-state index contributed by atoms with van der Waals surface area (Å²) in [4.78, 5) is 28.1. The molecule has 0 spiro atoms. The Hall–Kier alpha value is -2.47. The number of rotatable bonds is 3. The molecule has 2 atom stereocenters. The Bertz CT molecular complexity index is 884. The number of thioether (sulfide) groups is 1. The van der Waals surface area contributed by atoms with Gasteiger partial charge in [-0.2, -0.15) is 0 Å². The van der Waals surface area contributed by atoms with Crippen molar-refractivity contribution in [3.05, 3.63) is 54.1 Å². The van der Waals surface area contributed by atoms with Crippen LogP contribution in [0.2, 0.25) is 0 Å². The van der Waals surface area contributed by atoms with Gasteiger partial charge in [0.1, 0.15) is 12.4 Å². The van der Waals surface area contributed by atoms with Crippen molar-refractivity contribution >= 4 is 29.3 Å².